The summed E-state index contributed by atoms with van der Waals surface area (Å²) in [4.78, 5) is 23.0. The first-order valence-electron chi connectivity index (χ1n) is 8.97. The van der Waals surface area contributed by atoms with Crippen LogP contribution >= 0.6 is 12.4 Å². The molecule has 0 saturated heterocycles. The number of nitrogens with two attached hydrogens (primary N) is 1. The molecule has 152 valence electrons. The van der Waals surface area contributed by atoms with Crippen LogP contribution in [0.5, 0.6) is 0 Å². The van der Waals surface area contributed by atoms with E-state index >= 15 is 0 Å². The molecule has 2 aromatic carbocycles. The second-order valence-corrected chi connectivity index (χ2v) is 6.57. The highest BCUT2D eigenvalue weighted by atomic mass is 35.5. The maximum Gasteiger partial charge on any atom is 0.292 e. The van der Waals surface area contributed by atoms with Gasteiger partial charge >= 0.3 is 0 Å². The Morgan fingerprint density at radius 2 is 1.86 bits per heavy atom. The van der Waals surface area contributed by atoms with Crippen LogP contribution in [0.3, 0.4) is 0 Å². The summed E-state index contributed by atoms with van der Waals surface area (Å²) in [7, 11) is 0. The van der Waals surface area contributed by atoms with Crippen LogP contribution in [0.4, 0.5) is 11.4 Å². The summed E-state index contributed by atoms with van der Waals surface area (Å²) in [6.07, 6.45) is 0.643. The Labute approximate surface area is 171 Å². The van der Waals surface area contributed by atoms with E-state index in [0.29, 0.717) is 25.2 Å². The largest absolute Gasteiger partial charge is 0.379 e. The quantitative estimate of drug-likeness (QED) is 0.335. The number of nitro benzene ring substituents is 1. The van der Waals surface area contributed by atoms with Crippen LogP contribution in [-0.4, -0.2) is 23.9 Å². The van der Waals surface area contributed by atoms with Gasteiger partial charge in [-0.25, -0.2) is 0 Å². The molecule has 28 heavy (non-hydrogen) atoms. The lowest BCUT2D eigenvalue weighted by atomic mass is 9.95. The lowest BCUT2D eigenvalue weighted by Gasteiger charge is -2.19. The van der Waals surface area contributed by atoms with E-state index in [-0.39, 0.29) is 36.0 Å². The maximum absolute atomic E-state index is 12.3. The zero-order valence-corrected chi connectivity index (χ0v) is 16.9. The van der Waals surface area contributed by atoms with Crippen molar-refractivity contribution in [2.24, 2.45) is 11.7 Å². The first-order valence-corrected chi connectivity index (χ1v) is 8.97. The second kappa shape index (κ2) is 11.3. The highest BCUT2D eigenvalue weighted by Gasteiger charge is 2.21. The fourth-order valence-corrected chi connectivity index (χ4v) is 2.75. The molecular formula is C20H27ClN4O3. The molecule has 0 saturated carbocycles. The van der Waals surface area contributed by atoms with E-state index in [1.807, 2.05) is 43.3 Å². The van der Waals surface area contributed by atoms with Crippen molar-refractivity contribution >= 4 is 29.7 Å². The first-order chi connectivity index (χ1) is 12.9. The summed E-state index contributed by atoms with van der Waals surface area (Å²) in [5, 5.41) is 17.0. The number of rotatable bonds is 9. The summed E-state index contributed by atoms with van der Waals surface area (Å²) in [5.74, 6) is -0.453. The minimum atomic E-state index is -0.399. The Bertz CT molecular complexity index is 786. The number of aryl methyl sites for hydroxylation is 1. The van der Waals surface area contributed by atoms with Gasteiger partial charge in [0, 0.05) is 25.2 Å². The van der Waals surface area contributed by atoms with E-state index in [2.05, 4.69) is 10.6 Å². The molecule has 0 aromatic heterocycles. The third-order valence-corrected chi connectivity index (χ3v) is 4.45. The summed E-state index contributed by atoms with van der Waals surface area (Å²) < 4.78 is 0. The van der Waals surface area contributed by atoms with E-state index in [0.717, 1.165) is 11.1 Å². The number of nitrogens with zero attached hydrogens (tertiary/aromatic N) is 1. The van der Waals surface area contributed by atoms with Crippen LogP contribution in [0.1, 0.15) is 30.5 Å². The molecule has 1 amide bonds. The fourth-order valence-electron chi connectivity index (χ4n) is 2.75. The molecule has 2 aromatic rings. The minimum absolute atomic E-state index is 0. The third-order valence-electron chi connectivity index (χ3n) is 4.45. The predicted octanol–water partition coefficient (Wildman–Crippen LogP) is 3.58. The summed E-state index contributed by atoms with van der Waals surface area (Å²) >= 11 is 0. The number of carbonyl (C=O) groups is 1. The molecular weight excluding hydrogens is 380 g/mol. The second-order valence-electron chi connectivity index (χ2n) is 6.57. The lowest BCUT2D eigenvalue weighted by Crippen LogP contribution is -2.36. The van der Waals surface area contributed by atoms with Crippen LogP contribution in [0.15, 0.2) is 48.5 Å². The van der Waals surface area contributed by atoms with Crippen molar-refractivity contribution in [2.45, 2.75) is 26.3 Å². The molecule has 0 radical (unpaired) electrons. The number of benzene rings is 2. The monoisotopic (exact) mass is 406 g/mol. The number of nitrogens with one attached hydrogen (secondary N) is 2. The van der Waals surface area contributed by atoms with Gasteiger partial charge in [0.25, 0.3) is 5.69 Å². The predicted molar refractivity (Wildman–Crippen MR) is 114 cm³/mol. The van der Waals surface area contributed by atoms with E-state index in [9.17, 15) is 14.9 Å². The molecule has 0 bridgehead atoms. The van der Waals surface area contributed by atoms with Crippen molar-refractivity contribution < 1.29 is 9.72 Å². The molecule has 0 heterocycles. The number of hydrogen-bond donors (Lipinski definition) is 3. The highest BCUT2D eigenvalue weighted by molar-refractivity contribution is 5.85. The van der Waals surface area contributed by atoms with Gasteiger partial charge in [0.1, 0.15) is 5.69 Å². The van der Waals surface area contributed by atoms with E-state index in [4.69, 9.17) is 5.73 Å². The van der Waals surface area contributed by atoms with Gasteiger partial charge in [-0.15, -0.1) is 12.4 Å². The third kappa shape index (κ3) is 6.51. The van der Waals surface area contributed by atoms with Crippen LogP contribution < -0.4 is 16.4 Å². The minimum Gasteiger partial charge on any atom is -0.379 e. The van der Waals surface area contributed by atoms with Gasteiger partial charge in [0.05, 0.1) is 10.8 Å². The molecule has 0 fully saturated rings. The molecule has 0 spiro atoms. The molecule has 7 nitrogen and oxygen atoms in total. The normalized spacial score (nSPS) is 12.4. The van der Waals surface area contributed by atoms with Crippen molar-refractivity contribution in [3.05, 3.63) is 69.8 Å². The smallest absolute Gasteiger partial charge is 0.292 e. The zero-order chi connectivity index (χ0) is 19.8. The molecule has 2 atom stereocenters. The fraction of sp³-hybridized carbons (Fsp3) is 0.350. The molecule has 4 N–H and O–H groups in total. The molecule has 0 aliphatic rings. The SMILES string of the molecule is Cc1ccc(NCCCNC(=O)C(C)C(N)c2ccccc2)c([N+](=O)[O-])c1.Cl. The van der Waals surface area contributed by atoms with Gasteiger partial charge in [0.2, 0.25) is 5.91 Å². The van der Waals surface area contributed by atoms with Gasteiger partial charge in [-0.2, -0.15) is 0 Å². The summed E-state index contributed by atoms with van der Waals surface area (Å²) in [6, 6.07) is 14.2. The lowest BCUT2D eigenvalue weighted by molar-refractivity contribution is -0.384. The maximum atomic E-state index is 12.3. The molecule has 2 rings (SSSR count). The van der Waals surface area contributed by atoms with Gasteiger partial charge in [-0.05, 0) is 30.5 Å². The standard InChI is InChI=1S/C20H26N4O3.ClH/c1-14-9-10-17(18(13-14)24(26)27)22-11-6-12-23-20(25)15(2)19(21)16-7-4-3-5-8-16;/h3-5,7-10,13,15,19,22H,6,11-12,21H2,1-2H3,(H,23,25);1H. The number of amides is 1. The van der Waals surface area contributed by atoms with Crippen LogP contribution in [0.2, 0.25) is 0 Å². The van der Waals surface area contributed by atoms with E-state index in [1.165, 1.54) is 6.07 Å². The average molecular weight is 407 g/mol. The Balaban J connectivity index is 0.00000392. The van der Waals surface area contributed by atoms with Gasteiger partial charge in [-0.3, -0.25) is 14.9 Å². The van der Waals surface area contributed by atoms with Crippen molar-refractivity contribution in [1.29, 1.82) is 0 Å². The number of carbonyl (C=O) groups excluding carboxylic acids is 1. The topological polar surface area (TPSA) is 110 Å². The number of nitro groups is 1. The highest BCUT2D eigenvalue weighted by Crippen LogP contribution is 2.25. The molecule has 0 aliphatic carbocycles. The summed E-state index contributed by atoms with van der Waals surface area (Å²) in [5.41, 5.74) is 8.47. The average Bonchev–Trinajstić information content (AvgIpc) is 2.67. The Morgan fingerprint density at radius 1 is 1.18 bits per heavy atom. The van der Waals surface area contributed by atoms with Crippen molar-refractivity contribution in [3.8, 4) is 0 Å². The van der Waals surface area contributed by atoms with Gasteiger partial charge in [-0.1, -0.05) is 43.3 Å². The summed E-state index contributed by atoms with van der Waals surface area (Å²) in [6.45, 7) is 4.61. The number of hydrogen-bond acceptors (Lipinski definition) is 5. The Morgan fingerprint density at radius 3 is 2.50 bits per heavy atom. The van der Waals surface area contributed by atoms with Crippen LogP contribution in [0, 0.1) is 23.0 Å². The van der Waals surface area contributed by atoms with Gasteiger partial charge < -0.3 is 16.4 Å². The van der Waals surface area contributed by atoms with Crippen molar-refractivity contribution in [1.82, 2.24) is 5.32 Å². The van der Waals surface area contributed by atoms with Crippen molar-refractivity contribution in [2.75, 3.05) is 18.4 Å². The molecule has 0 aliphatic heterocycles. The Hall–Kier alpha value is -2.64. The van der Waals surface area contributed by atoms with Crippen molar-refractivity contribution in [3.63, 3.8) is 0 Å². The van der Waals surface area contributed by atoms with E-state index in [1.54, 1.807) is 13.0 Å². The molecule has 8 heteroatoms. The first kappa shape index (κ1) is 23.4. The van der Waals surface area contributed by atoms with Crippen LogP contribution in [0.25, 0.3) is 0 Å². The number of halogens is 1. The zero-order valence-electron chi connectivity index (χ0n) is 16.1. The molecule has 2 unspecified atom stereocenters. The van der Waals surface area contributed by atoms with E-state index < -0.39 is 4.92 Å². The number of anilines is 1. The Kier molecular flexibility index (Phi) is 9.41. The van der Waals surface area contributed by atoms with Gasteiger partial charge in [0.15, 0.2) is 0 Å². The van der Waals surface area contributed by atoms with Crippen LogP contribution in [-0.2, 0) is 4.79 Å².